The Bertz CT molecular complexity index is 653. The largest absolute Gasteiger partial charge is 0.306 e. The molecule has 2 rings (SSSR count). The summed E-state index contributed by atoms with van der Waals surface area (Å²) in [4.78, 5) is 10.4. The number of benzene rings is 2. The molecule has 1 unspecified atom stereocenters. The van der Waals surface area contributed by atoms with E-state index in [1.54, 1.807) is 12.1 Å². The number of nitrogens with zero attached hydrogens (tertiary/aromatic N) is 1. The maximum absolute atomic E-state index is 10.8. The lowest BCUT2D eigenvalue weighted by Gasteiger charge is -2.15. The molecule has 0 amide bonds. The van der Waals surface area contributed by atoms with Crippen molar-refractivity contribution in [3.05, 3.63) is 74.8 Å². The second-order valence-electron chi connectivity index (χ2n) is 5.37. The van der Waals surface area contributed by atoms with Crippen LogP contribution in [-0.4, -0.2) is 4.92 Å². The fraction of sp³-hybridized carbons (Fsp3) is 0.294. The van der Waals surface area contributed by atoms with Gasteiger partial charge in [0.25, 0.3) is 5.69 Å². The second-order valence-corrected chi connectivity index (χ2v) is 5.37. The third-order valence-electron chi connectivity index (χ3n) is 3.76. The Hall–Kier alpha value is -2.20. The van der Waals surface area contributed by atoms with E-state index in [4.69, 9.17) is 0 Å². The van der Waals surface area contributed by atoms with E-state index in [0.29, 0.717) is 6.54 Å². The predicted octanol–water partition coefficient (Wildman–Crippen LogP) is 4.06. The number of nitro groups is 1. The van der Waals surface area contributed by atoms with Gasteiger partial charge in [0.05, 0.1) is 4.92 Å². The van der Waals surface area contributed by atoms with Crippen molar-refractivity contribution in [2.24, 2.45) is 0 Å². The Balaban J connectivity index is 2.03. The molecule has 1 N–H and O–H groups in total. The van der Waals surface area contributed by atoms with Crippen LogP contribution in [0, 0.1) is 24.0 Å². The van der Waals surface area contributed by atoms with E-state index in [0.717, 1.165) is 5.56 Å². The van der Waals surface area contributed by atoms with Crippen LogP contribution in [0.4, 0.5) is 5.69 Å². The standard InChI is InChI=1S/C17H20N2O2/c1-12-7-8-16(9-13(12)2)14(3)18-11-15-5-4-6-17(10-15)19(20)21/h4-10,14,18H,11H2,1-3H3. The molecule has 2 aromatic rings. The summed E-state index contributed by atoms with van der Waals surface area (Å²) < 4.78 is 0. The Kier molecular flexibility index (Phi) is 4.70. The van der Waals surface area contributed by atoms with E-state index in [1.807, 2.05) is 6.07 Å². The summed E-state index contributed by atoms with van der Waals surface area (Å²) in [6, 6.07) is 13.4. The van der Waals surface area contributed by atoms with Gasteiger partial charge in [0, 0.05) is 24.7 Å². The molecule has 0 heterocycles. The van der Waals surface area contributed by atoms with Crippen LogP contribution in [-0.2, 0) is 6.54 Å². The molecule has 0 saturated carbocycles. The van der Waals surface area contributed by atoms with Crippen molar-refractivity contribution >= 4 is 5.69 Å². The van der Waals surface area contributed by atoms with Crippen LogP contribution >= 0.6 is 0 Å². The Morgan fingerprint density at radius 1 is 1.14 bits per heavy atom. The highest BCUT2D eigenvalue weighted by Gasteiger charge is 2.08. The van der Waals surface area contributed by atoms with Gasteiger partial charge in [0.1, 0.15) is 0 Å². The molecule has 0 aromatic heterocycles. The second kappa shape index (κ2) is 6.50. The fourth-order valence-electron chi connectivity index (χ4n) is 2.20. The van der Waals surface area contributed by atoms with E-state index < -0.39 is 0 Å². The summed E-state index contributed by atoms with van der Waals surface area (Å²) in [5, 5.41) is 14.2. The Morgan fingerprint density at radius 3 is 2.57 bits per heavy atom. The van der Waals surface area contributed by atoms with Gasteiger partial charge < -0.3 is 5.32 Å². The average molecular weight is 284 g/mol. The summed E-state index contributed by atoms with van der Waals surface area (Å²) in [6.45, 7) is 6.91. The van der Waals surface area contributed by atoms with Gasteiger partial charge in [-0.1, -0.05) is 30.3 Å². The lowest BCUT2D eigenvalue weighted by molar-refractivity contribution is -0.384. The van der Waals surface area contributed by atoms with Crippen molar-refractivity contribution in [1.29, 1.82) is 0 Å². The van der Waals surface area contributed by atoms with Crippen LogP contribution in [0.15, 0.2) is 42.5 Å². The van der Waals surface area contributed by atoms with Gasteiger partial charge in [-0.25, -0.2) is 0 Å². The van der Waals surface area contributed by atoms with E-state index in [9.17, 15) is 10.1 Å². The fourth-order valence-corrected chi connectivity index (χ4v) is 2.20. The first-order valence-corrected chi connectivity index (χ1v) is 7.01. The minimum atomic E-state index is -0.365. The molecule has 0 aliphatic heterocycles. The van der Waals surface area contributed by atoms with Gasteiger partial charge in [-0.05, 0) is 43.0 Å². The Labute approximate surface area is 125 Å². The third kappa shape index (κ3) is 3.89. The van der Waals surface area contributed by atoms with Crippen molar-refractivity contribution in [2.75, 3.05) is 0 Å². The van der Waals surface area contributed by atoms with Crippen molar-refractivity contribution in [1.82, 2.24) is 5.32 Å². The van der Waals surface area contributed by atoms with Crippen LogP contribution in [0.2, 0.25) is 0 Å². The molecule has 110 valence electrons. The van der Waals surface area contributed by atoms with Gasteiger partial charge in [0.2, 0.25) is 0 Å². The predicted molar refractivity (Wildman–Crippen MR) is 84.3 cm³/mol. The molecule has 4 heteroatoms. The first-order valence-electron chi connectivity index (χ1n) is 7.01. The average Bonchev–Trinajstić information content (AvgIpc) is 2.48. The monoisotopic (exact) mass is 284 g/mol. The van der Waals surface area contributed by atoms with Crippen molar-refractivity contribution in [3.8, 4) is 0 Å². The van der Waals surface area contributed by atoms with Crippen LogP contribution in [0.3, 0.4) is 0 Å². The summed E-state index contributed by atoms with van der Waals surface area (Å²) in [5.74, 6) is 0. The maximum Gasteiger partial charge on any atom is 0.269 e. The lowest BCUT2D eigenvalue weighted by Crippen LogP contribution is -2.18. The van der Waals surface area contributed by atoms with Gasteiger partial charge in [0.15, 0.2) is 0 Å². The van der Waals surface area contributed by atoms with Crippen molar-refractivity contribution < 1.29 is 4.92 Å². The van der Waals surface area contributed by atoms with Gasteiger partial charge >= 0.3 is 0 Å². The number of hydrogen-bond acceptors (Lipinski definition) is 3. The number of nitro benzene ring substituents is 1. The summed E-state index contributed by atoms with van der Waals surface area (Å²) in [6.07, 6.45) is 0. The van der Waals surface area contributed by atoms with Crippen molar-refractivity contribution in [3.63, 3.8) is 0 Å². The molecule has 4 nitrogen and oxygen atoms in total. The number of rotatable bonds is 5. The molecule has 0 aliphatic rings. The van der Waals surface area contributed by atoms with E-state index >= 15 is 0 Å². The zero-order valence-corrected chi connectivity index (χ0v) is 12.6. The molecule has 2 aromatic carbocycles. The molecule has 1 atom stereocenters. The summed E-state index contributed by atoms with van der Waals surface area (Å²) >= 11 is 0. The molecule has 21 heavy (non-hydrogen) atoms. The summed E-state index contributed by atoms with van der Waals surface area (Å²) in [5.41, 5.74) is 4.83. The number of non-ortho nitro benzene ring substituents is 1. The van der Waals surface area contributed by atoms with Gasteiger partial charge in [-0.15, -0.1) is 0 Å². The first-order chi connectivity index (χ1) is 9.97. The molecule has 0 spiro atoms. The number of nitrogens with one attached hydrogen (secondary N) is 1. The molecular formula is C17H20N2O2. The zero-order chi connectivity index (χ0) is 15.4. The van der Waals surface area contributed by atoms with Crippen LogP contribution in [0.5, 0.6) is 0 Å². The number of hydrogen-bond donors (Lipinski definition) is 1. The molecular weight excluding hydrogens is 264 g/mol. The smallest absolute Gasteiger partial charge is 0.269 e. The molecule has 0 fully saturated rings. The first kappa shape index (κ1) is 15.2. The van der Waals surface area contributed by atoms with Crippen LogP contribution in [0.1, 0.15) is 35.2 Å². The van der Waals surface area contributed by atoms with Crippen molar-refractivity contribution in [2.45, 2.75) is 33.4 Å². The van der Waals surface area contributed by atoms with Gasteiger partial charge in [-0.3, -0.25) is 10.1 Å². The summed E-state index contributed by atoms with van der Waals surface area (Å²) in [7, 11) is 0. The Morgan fingerprint density at radius 2 is 1.90 bits per heavy atom. The maximum atomic E-state index is 10.8. The highest BCUT2D eigenvalue weighted by Crippen LogP contribution is 2.18. The lowest BCUT2D eigenvalue weighted by atomic mass is 10.0. The third-order valence-corrected chi connectivity index (χ3v) is 3.76. The quantitative estimate of drug-likeness (QED) is 0.665. The van der Waals surface area contributed by atoms with E-state index in [-0.39, 0.29) is 16.7 Å². The minimum absolute atomic E-state index is 0.133. The van der Waals surface area contributed by atoms with E-state index in [1.165, 1.54) is 22.8 Å². The SMILES string of the molecule is Cc1ccc(C(C)NCc2cccc([N+](=O)[O-])c2)cc1C. The zero-order valence-electron chi connectivity index (χ0n) is 12.6. The highest BCUT2D eigenvalue weighted by molar-refractivity contribution is 5.35. The highest BCUT2D eigenvalue weighted by atomic mass is 16.6. The molecule has 0 aliphatic carbocycles. The molecule has 0 saturated heterocycles. The normalized spacial score (nSPS) is 12.1. The van der Waals surface area contributed by atoms with Crippen LogP contribution in [0.25, 0.3) is 0 Å². The molecule has 0 radical (unpaired) electrons. The molecule has 0 bridgehead atoms. The van der Waals surface area contributed by atoms with Gasteiger partial charge in [-0.2, -0.15) is 0 Å². The van der Waals surface area contributed by atoms with Crippen LogP contribution < -0.4 is 5.32 Å². The minimum Gasteiger partial charge on any atom is -0.306 e. The topological polar surface area (TPSA) is 55.2 Å². The van der Waals surface area contributed by atoms with E-state index in [2.05, 4.69) is 44.3 Å². The number of aryl methyl sites for hydroxylation is 2.